The number of anilines is 1. The van der Waals surface area contributed by atoms with E-state index in [1.165, 1.54) is 11.1 Å². The molecule has 4 heteroatoms. The fraction of sp³-hybridized carbons (Fsp3) is 0.350. The van der Waals surface area contributed by atoms with Crippen LogP contribution < -0.4 is 10.1 Å². The van der Waals surface area contributed by atoms with E-state index in [2.05, 4.69) is 25.2 Å². The number of rotatable bonds is 8. The summed E-state index contributed by atoms with van der Waals surface area (Å²) in [4.78, 5) is 11.3. The fourth-order valence-electron chi connectivity index (χ4n) is 2.73. The minimum Gasteiger partial charge on any atom is -0.494 e. The summed E-state index contributed by atoms with van der Waals surface area (Å²) in [5.41, 5.74) is 4.38. The van der Waals surface area contributed by atoms with Gasteiger partial charge in [-0.1, -0.05) is 18.2 Å². The van der Waals surface area contributed by atoms with Crippen molar-refractivity contribution in [3.8, 4) is 5.75 Å². The number of nitrogens with one attached hydrogen (secondary N) is 1. The molecule has 0 aromatic heterocycles. The van der Waals surface area contributed by atoms with Gasteiger partial charge in [-0.25, -0.2) is 4.79 Å². The smallest absolute Gasteiger partial charge is 0.337 e. The van der Waals surface area contributed by atoms with Gasteiger partial charge in [0.2, 0.25) is 0 Å². The lowest BCUT2D eigenvalue weighted by Gasteiger charge is -2.13. The molecule has 0 heterocycles. The lowest BCUT2D eigenvalue weighted by Crippen LogP contribution is -2.10. The van der Waals surface area contributed by atoms with Gasteiger partial charge in [0, 0.05) is 6.54 Å². The molecule has 0 aliphatic carbocycles. The van der Waals surface area contributed by atoms with E-state index in [1.807, 2.05) is 25.1 Å². The molecule has 2 aromatic carbocycles. The molecule has 128 valence electrons. The van der Waals surface area contributed by atoms with E-state index >= 15 is 0 Å². The number of carboxylic acid groups (broad SMARTS) is 1. The van der Waals surface area contributed by atoms with Crippen LogP contribution in [0.5, 0.6) is 5.75 Å². The Labute approximate surface area is 143 Å². The van der Waals surface area contributed by atoms with Gasteiger partial charge in [0.05, 0.1) is 17.9 Å². The SMILES string of the molecule is Cc1cc(C)cc(OCCCCNc2c(C)cccc2C(=O)O)c1. The number of para-hydroxylation sites is 1. The van der Waals surface area contributed by atoms with Crippen LogP contribution in [0.1, 0.15) is 39.9 Å². The summed E-state index contributed by atoms with van der Waals surface area (Å²) >= 11 is 0. The second-order valence-corrected chi connectivity index (χ2v) is 6.11. The van der Waals surface area contributed by atoms with Crippen LogP contribution in [0.2, 0.25) is 0 Å². The first-order valence-electron chi connectivity index (χ1n) is 8.25. The number of carbonyl (C=O) groups is 1. The maximum absolute atomic E-state index is 11.3. The van der Waals surface area contributed by atoms with E-state index in [0.29, 0.717) is 17.9 Å². The molecule has 2 N–H and O–H groups in total. The second kappa shape index (κ2) is 8.39. The third-order valence-corrected chi connectivity index (χ3v) is 3.84. The zero-order valence-electron chi connectivity index (χ0n) is 14.6. The number of ether oxygens (including phenoxy) is 1. The standard InChI is InChI=1S/C20H25NO3/c1-14-11-15(2)13-17(12-14)24-10-5-4-9-21-19-16(3)7-6-8-18(19)20(22)23/h6-8,11-13,21H,4-5,9-10H2,1-3H3,(H,22,23). The monoisotopic (exact) mass is 327 g/mol. The highest BCUT2D eigenvalue weighted by molar-refractivity contribution is 5.95. The number of hydrogen-bond donors (Lipinski definition) is 2. The van der Waals surface area contributed by atoms with Crippen molar-refractivity contribution in [2.24, 2.45) is 0 Å². The van der Waals surface area contributed by atoms with Crippen molar-refractivity contribution in [3.05, 3.63) is 58.7 Å². The molecular formula is C20H25NO3. The van der Waals surface area contributed by atoms with Crippen LogP contribution in [0.4, 0.5) is 5.69 Å². The van der Waals surface area contributed by atoms with Gasteiger partial charge in [0.1, 0.15) is 5.75 Å². The van der Waals surface area contributed by atoms with Crippen LogP contribution in [0, 0.1) is 20.8 Å². The number of carboxylic acids is 1. The quantitative estimate of drug-likeness (QED) is 0.697. The molecule has 0 atom stereocenters. The Morgan fingerprint density at radius 2 is 1.79 bits per heavy atom. The summed E-state index contributed by atoms with van der Waals surface area (Å²) in [7, 11) is 0. The Morgan fingerprint density at radius 1 is 1.08 bits per heavy atom. The largest absolute Gasteiger partial charge is 0.494 e. The Kier molecular flexibility index (Phi) is 6.24. The highest BCUT2D eigenvalue weighted by Crippen LogP contribution is 2.21. The van der Waals surface area contributed by atoms with Crippen LogP contribution in [0.3, 0.4) is 0 Å². The van der Waals surface area contributed by atoms with E-state index in [9.17, 15) is 9.90 Å². The summed E-state index contributed by atoms with van der Waals surface area (Å²) in [6, 6.07) is 11.5. The topological polar surface area (TPSA) is 58.6 Å². The van der Waals surface area contributed by atoms with E-state index in [-0.39, 0.29) is 0 Å². The van der Waals surface area contributed by atoms with E-state index in [0.717, 1.165) is 30.7 Å². The molecule has 2 rings (SSSR count). The number of benzene rings is 2. The average molecular weight is 327 g/mol. The van der Waals surface area contributed by atoms with Gasteiger partial charge in [0.25, 0.3) is 0 Å². The van der Waals surface area contributed by atoms with Gasteiger partial charge in [-0.15, -0.1) is 0 Å². The van der Waals surface area contributed by atoms with Crippen molar-refractivity contribution in [1.82, 2.24) is 0 Å². The molecule has 24 heavy (non-hydrogen) atoms. The van der Waals surface area contributed by atoms with Crippen molar-refractivity contribution >= 4 is 11.7 Å². The van der Waals surface area contributed by atoms with Gasteiger partial charge >= 0.3 is 5.97 Å². The third-order valence-electron chi connectivity index (χ3n) is 3.84. The maximum atomic E-state index is 11.3. The molecule has 0 unspecified atom stereocenters. The van der Waals surface area contributed by atoms with Crippen molar-refractivity contribution in [2.45, 2.75) is 33.6 Å². The first-order valence-corrected chi connectivity index (χ1v) is 8.25. The molecule has 0 bridgehead atoms. The molecule has 0 aliphatic rings. The van der Waals surface area contributed by atoms with Crippen LogP contribution in [-0.4, -0.2) is 24.2 Å². The molecule has 0 aliphatic heterocycles. The molecule has 4 nitrogen and oxygen atoms in total. The summed E-state index contributed by atoms with van der Waals surface area (Å²) in [6.45, 7) is 7.42. The third kappa shape index (κ3) is 5.01. The van der Waals surface area contributed by atoms with Crippen LogP contribution >= 0.6 is 0 Å². The molecule has 0 spiro atoms. The van der Waals surface area contributed by atoms with Gasteiger partial charge in [-0.3, -0.25) is 0 Å². The molecule has 0 amide bonds. The van der Waals surface area contributed by atoms with Crippen molar-refractivity contribution in [2.75, 3.05) is 18.5 Å². The number of unbranched alkanes of at least 4 members (excludes halogenated alkanes) is 1. The van der Waals surface area contributed by atoms with E-state index in [4.69, 9.17) is 4.74 Å². The first-order chi connectivity index (χ1) is 11.5. The Hall–Kier alpha value is -2.49. The van der Waals surface area contributed by atoms with Gasteiger partial charge in [0.15, 0.2) is 0 Å². The normalized spacial score (nSPS) is 10.5. The number of hydrogen-bond acceptors (Lipinski definition) is 3. The minimum absolute atomic E-state index is 0.321. The summed E-state index contributed by atoms with van der Waals surface area (Å²) < 4.78 is 5.78. The summed E-state index contributed by atoms with van der Waals surface area (Å²) in [6.07, 6.45) is 1.83. The minimum atomic E-state index is -0.903. The Balaban J connectivity index is 1.77. The zero-order valence-corrected chi connectivity index (χ0v) is 14.6. The molecular weight excluding hydrogens is 302 g/mol. The van der Waals surface area contributed by atoms with Gasteiger partial charge < -0.3 is 15.2 Å². The van der Waals surface area contributed by atoms with Crippen LogP contribution in [0.15, 0.2) is 36.4 Å². The summed E-state index contributed by atoms with van der Waals surface area (Å²) in [5.74, 6) is 0.00637. The predicted octanol–water partition coefficient (Wildman–Crippen LogP) is 4.58. The van der Waals surface area contributed by atoms with Gasteiger partial charge in [-0.2, -0.15) is 0 Å². The molecule has 2 aromatic rings. The highest BCUT2D eigenvalue weighted by atomic mass is 16.5. The Bertz CT molecular complexity index is 690. The number of aromatic carboxylic acids is 1. The van der Waals surface area contributed by atoms with E-state index in [1.54, 1.807) is 12.1 Å². The molecule has 0 saturated carbocycles. The zero-order chi connectivity index (χ0) is 17.5. The van der Waals surface area contributed by atoms with Crippen molar-refractivity contribution < 1.29 is 14.6 Å². The highest BCUT2D eigenvalue weighted by Gasteiger charge is 2.11. The fourth-order valence-corrected chi connectivity index (χ4v) is 2.73. The molecule has 0 saturated heterocycles. The maximum Gasteiger partial charge on any atom is 0.337 e. The lowest BCUT2D eigenvalue weighted by atomic mass is 10.1. The lowest BCUT2D eigenvalue weighted by molar-refractivity contribution is 0.0698. The molecule has 0 radical (unpaired) electrons. The first kappa shape index (κ1) is 17.9. The number of aryl methyl sites for hydroxylation is 3. The van der Waals surface area contributed by atoms with E-state index < -0.39 is 5.97 Å². The van der Waals surface area contributed by atoms with Crippen LogP contribution in [-0.2, 0) is 0 Å². The average Bonchev–Trinajstić information content (AvgIpc) is 2.50. The van der Waals surface area contributed by atoms with Crippen molar-refractivity contribution in [1.29, 1.82) is 0 Å². The van der Waals surface area contributed by atoms with Gasteiger partial charge in [-0.05, 0) is 68.5 Å². The van der Waals surface area contributed by atoms with Crippen molar-refractivity contribution in [3.63, 3.8) is 0 Å². The molecule has 0 fully saturated rings. The van der Waals surface area contributed by atoms with Crippen LogP contribution in [0.25, 0.3) is 0 Å². The summed E-state index contributed by atoms with van der Waals surface area (Å²) in [5, 5.41) is 12.5. The predicted molar refractivity (Wildman–Crippen MR) is 97.3 cm³/mol. The Morgan fingerprint density at radius 3 is 2.46 bits per heavy atom. The second-order valence-electron chi connectivity index (χ2n) is 6.11.